The molecule has 2 amide bonds. The number of aryl methyl sites for hydroxylation is 2. The van der Waals surface area contributed by atoms with Crippen LogP contribution < -0.4 is 20.3 Å². The van der Waals surface area contributed by atoms with Crippen molar-refractivity contribution in [1.82, 2.24) is 20.6 Å². The van der Waals surface area contributed by atoms with Crippen molar-refractivity contribution in [3.05, 3.63) is 46.2 Å². The van der Waals surface area contributed by atoms with Crippen LogP contribution in [-0.4, -0.2) is 28.4 Å². The van der Waals surface area contributed by atoms with E-state index in [0.717, 1.165) is 25.1 Å². The van der Waals surface area contributed by atoms with Gasteiger partial charge < -0.3 is 9.47 Å². The van der Waals surface area contributed by atoms with Crippen molar-refractivity contribution >= 4 is 29.5 Å². The minimum absolute atomic E-state index is 0.124. The number of fused-ring (bicyclic) bond motifs is 1. The number of carbonyl (C=O) groups is 2. The maximum Gasteiger partial charge on any atom is 0.269 e. The number of hydrazine groups is 1. The van der Waals surface area contributed by atoms with Crippen molar-refractivity contribution in [2.45, 2.75) is 33.2 Å². The minimum atomic E-state index is -0.495. The molecule has 28 heavy (non-hydrogen) atoms. The van der Waals surface area contributed by atoms with Crippen LogP contribution in [0.2, 0.25) is 5.15 Å². The van der Waals surface area contributed by atoms with E-state index in [1.54, 1.807) is 29.0 Å². The van der Waals surface area contributed by atoms with Gasteiger partial charge in [-0.15, -0.1) is 0 Å². The van der Waals surface area contributed by atoms with Crippen LogP contribution in [0.1, 0.15) is 41.4 Å². The second-order valence-electron chi connectivity index (χ2n) is 6.21. The van der Waals surface area contributed by atoms with Gasteiger partial charge in [0.1, 0.15) is 5.15 Å². The van der Waals surface area contributed by atoms with Crippen LogP contribution in [0, 0.1) is 6.92 Å². The number of aromatic nitrogens is 2. The quantitative estimate of drug-likeness (QED) is 0.570. The van der Waals surface area contributed by atoms with Crippen LogP contribution in [-0.2, 0) is 11.3 Å². The maximum absolute atomic E-state index is 12.2. The number of halogens is 1. The number of rotatable bonds is 6. The molecule has 0 atom stereocenters. The summed E-state index contributed by atoms with van der Waals surface area (Å²) in [7, 11) is 0. The zero-order chi connectivity index (χ0) is 20.1. The molecule has 2 N–H and O–H groups in total. The van der Waals surface area contributed by atoms with Gasteiger partial charge in [-0.3, -0.25) is 25.1 Å². The number of amides is 2. The highest BCUT2D eigenvalue weighted by atomic mass is 35.5. The van der Waals surface area contributed by atoms with Crippen LogP contribution in [0.15, 0.2) is 24.3 Å². The molecule has 1 aliphatic heterocycles. The van der Waals surface area contributed by atoms with Gasteiger partial charge in [0.25, 0.3) is 11.8 Å². The zero-order valence-corrected chi connectivity index (χ0v) is 16.4. The summed E-state index contributed by atoms with van der Waals surface area (Å²) in [6.45, 7) is 4.77. The van der Waals surface area contributed by atoms with E-state index >= 15 is 0 Å². The number of ether oxygens (including phenoxy) is 2. The predicted molar refractivity (Wildman–Crippen MR) is 104 cm³/mol. The Morgan fingerprint density at radius 3 is 2.86 bits per heavy atom. The third-order valence-corrected chi connectivity index (χ3v) is 4.57. The molecule has 0 spiro atoms. The number of carbonyl (C=O) groups excluding carboxylic acids is 2. The fraction of sp³-hybridized carbons (Fsp3) is 0.316. The molecule has 0 radical (unpaired) electrons. The Labute approximate surface area is 167 Å². The van der Waals surface area contributed by atoms with Crippen molar-refractivity contribution in [3.8, 4) is 11.5 Å². The SMILES string of the molecule is CCCCn1nc(C)c(/C=C/C(=O)NNC(=O)c2ccc3c(c2)OCO3)c1Cl. The van der Waals surface area contributed by atoms with E-state index in [2.05, 4.69) is 22.9 Å². The molecule has 2 heterocycles. The van der Waals surface area contributed by atoms with E-state index in [0.29, 0.717) is 27.8 Å². The summed E-state index contributed by atoms with van der Waals surface area (Å²) in [5.74, 6) is 0.104. The second-order valence-corrected chi connectivity index (χ2v) is 6.57. The standard InChI is InChI=1S/C19H21ClN4O4/c1-3-4-9-24-18(20)14(12(2)23-24)6-8-17(25)21-22-19(26)13-5-7-15-16(10-13)28-11-27-15/h5-8,10H,3-4,9,11H2,1-2H3,(H,21,25)(H,22,26)/b8-6+. The maximum atomic E-state index is 12.2. The van der Waals surface area contributed by atoms with E-state index in [1.165, 1.54) is 6.08 Å². The average Bonchev–Trinajstić information content (AvgIpc) is 3.26. The minimum Gasteiger partial charge on any atom is -0.454 e. The Kier molecular flexibility index (Phi) is 6.20. The van der Waals surface area contributed by atoms with Gasteiger partial charge >= 0.3 is 0 Å². The highest BCUT2D eigenvalue weighted by molar-refractivity contribution is 6.31. The van der Waals surface area contributed by atoms with Gasteiger partial charge in [-0.05, 0) is 37.6 Å². The highest BCUT2D eigenvalue weighted by Gasteiger charge is 2.16. The molecule has 2 aromatic rings. The molecular weight excluding hydrogens is 384 g/mol. The van der Waals surface area contributed by atoms with Crippen LogP contribution >= 0.6 is 11.6 Å². The van der Waals surface area contributed by atoms with Gasteiger partial charge in [-0.25, -0.2) is 0 Å². The largest absolute Gasteiger partial charge is 0.454 e. The molecule has 0 unspecified atom stereocenters. The Balaban J connectivity index is 1.57. The summed E-state index contributed by atoms with van der Waals surface area (Å²) in [6.07, 6.45) is 4.87. The zero-order valence-electron chi connectivity index (χ0n) is 15.6. The molecule has 1 aliphatic rings. The molecule has 9 heteroatoms. The topological polar surface area (TPSA) is 94.5 Å². The van der Waals surface area contributed by atoms with Gasteiger partial charge in [-0.1, -0.05) is 24.9 Å². The Bertz CT molecular complexity index is 923. The van der Waals surface area contributed by atoms with Crippen molar-refractivity contribution < 1.29 is 19.1 Å². The van der Waals surface area contributed by atoms with Crippen molar-refractivity contribution in [2.24, 2.45) is 0 Å². The summed E-state index contributed by atoms with van der Waals surface area (Å²) < 4.78 is 12.1. The van der Waals surface area contributed by atoms with E-state index < -0.39 is 11.8 Å². The number of hydrogen-bond acceptors (Lipinski definition) is 5. The van der Waals surface area contributed by atoms with Gasteiger partial charge in [-0.2, -0.15) is 5.10 Å². The van der Waals surface area contributed by atoms with Gasteiger partial charge in [0.05, 0.1) is 5.69 Å². The molecule has 8 nitrogen and oxygen atoms in total. The molecule has 0 saturated heterocycles. The lowest BCUT2D eigenvalue weighted by Gasteiger charge is -2.06. The summed E-state index contributed by atoms with van der Waals surface area (Å²) >= 11 is 6.33. The molecule has 0 aliphatic carbocycles. The fourth-order valence-electron chi connectivity index (χ4n) is 2.64. The van der Waals surface area contributed by atoms with Crippen LogP contribution in [0.4, 0.5) is 0 Å². The van der Waals surface area contributed by atoms with Crippen molar-refractivity contribution in [1.29, 1.82) is 0 Å². The van der Waals surface area contributed by atoms with E-state index in [9.17, 15) is 9.59 Å². The molecule has 0 bridgehead atoms. The summed E-state index contributed by atoms with van der Waals surface area (Å²) in [4.78, 5) is 24.2. The lowest BCUT2D eigenvalue weighted by Crippen LogP contribution is -2.40. The highest BCUT2D eigenvalue weighted by Crippen LogP contribution is 2.32. The van der Waals surface area contributed by atoms with Crippen LogP contribution in [0.25, 0.3) is 6.08 Å². The van der Waals surface area contributed by atoms with Gasteiger partial charge in [0, 0.05) is 23.7 Å². The molecule has 148 valence electrons. The number of unbranched alkanes of at least 4 members (excludes halogenated alkanes) is 1. The normalized spacial score (nSPS) is 12.4. The Morgan fingerprint density at radius 2 is 2.07 bits per heavy atom. The molecule has 1 aromatic heterocycles. The fourth-order valence-corrected chi connectivity index (χ4v) is 2.96. The smallest absolute Gasteiger partial charge is 0.269 e. The Morgan fingerprint density at radius 1 is 1.29 bits per heavy atom. The number of hydrogen-bond donors (Lipinski definition) is 2. The first-order chi connectivity index (χ1) is 13.5. The molecular formula is C19H21ClN4O4. The number of benzene rings is 1. The molecule has 0 fully saturated rings. The van der Waals surface area contributed by atoms with Crippen LogP contribution in [0.3, 0.4) is 0 Å². The summed E-state index contributed by atoms with van der Waals surface area (Å²) in [5.41, 5.74) is 6.42. The number of nitrogens with one attached hydrogen (secondary N) is 2. The summed E-state index contributed by atoms with van der Waals surface area (Å²) in [5, 5.41) is 4.86. The van der Waals surface area contributed by atoms with Crippen LogP contribution in [0.5, 0.6) is 11.5 Å². The first-order valence-corrected chi connectivity index (χ1v) is 9.28. The predicted octanol–water partition coefficient (Wildman–Crippen LogP) is 2.85. The molecule has 1 aromatic carbocycles. The number of nitrogens with zero attached hydrogens (tertiary/aromatic N) is 2. The van der Waals surface area contributed by atoms with E-state index in [4.69, 9.17) is 21.1 Å². The van der Waals surface area contributed by atoms with Gasteiger partial charge in [0.15, 0.2) is 11.5 Å². The lowest BCUT2D eigenvalue weighted by atomic mass is 10.2. The van der Waals surface area contributed by atoms with Crippen molar-refractivity contribution in [2.75, 3.05) is 6.79 Å². The first kappa shape index (κ1) is 19.8. The first-order valence-electron chi connectivity index (χ1n) is 8.90. The lowest BCUT2D eigenvalue weighted by molar-refractivity contribution is -0.117. The summed E-state index contributed by atoms with van der Waals surface area (Å²) in [6, 6.07) is 4.77. The van der Waals surface area contributed by atoms with Crippen molar-refractivity contribution in [3.63, 3.8) is 0 Å². The molecule has 3 rings (SSSR count). The third kappa shape index (κ3) is 4.45. The third-order valence-electron chi connectivity index (χ3n) is 4.17. The van der Waals surface area contributed by atoms with E-state index in [-0.39, 0.29) is 6.79 Å². The second kappa shape index (κ2) is 8.79. The average molecular weight is 405 g/mol. The monoisotopic (exact) mass is 404 g/mol. The molecule has 0 saturated carbocycles. The van der Waals surface area contributed by atoms with Gasteiger partial charge in [0.2, 0.25) is 6.79 Å². The Hall–Kier alpha value is -3.00. The van der Waals surface area contributed by atoms with E-state index in [1.807, 2.05) is 6.92 Å².